The second-order valence-corrected chi connectivity index (χ2v) is 2.32. The zero-order valence-electron chi connectivity index (χ0n) is 6.95. The van der Waals surface area contributed by atoms with Crippen LogP contribution in [0.4, 0.5) is 0 Å². The number of carbonyl (C=O) groups excluding carboxylic acids is 1. The molecule has 1 amide bonds. The molecule has 66 valence electrons. The average molecular weight is 161 g/mol. The van der Waals surface area contributed by atoms with E-state index in [1.807, 2.05) is 0 Å². The first kappa shape index (κ1) is 10.4. The van der Waals surface area contributed by atoms with Crippen LogP contribution in [0.2, 0.25) is 0 Å². The smallest absolute Gasteiger partial charge is 0.251 e. The van der Waals surface area contributed by atoms with Gasteiger partial charge in [-0.2, -0.15) is 0 Å². The first-order valence-electron chi connectivity index (χ1n) is 3.71. The van der Waals surface area contributed by atoms with Gasteiger partial charge >= 0.3 is 0 Å². The number of aliphatic hydroxyl groups excluding tert-OH is 2. The molecule has 0 radical (unpaired) electrons. The van der Waals surface area contributed by atoms with E-state index in [4.69, 9.17) is 10.2 Å². The van der Waals surface area contributed by atoms with E-state index in [9.17, 15) is 4.79 Å². The van der Waals surface area contributed by atoms with Crippen LogP contribution in [-0.4, -0.2) is 46.8 Å². The van der Waals surface area contributed by atoms with E-state index in [0.717, 1.165) is 0 Å². The predicted molar refractivity (Wildman–Crippen MR) is 41.0 cm³/mol. The second-order valence-electron chi connectivity index (χ2n) is 2.32. The minimum Gasteiger partial charge on any atom is -0.395 e. The molecule has 0 saturated carbocycles. The van der Waals surface area contributed by atoms with E-state index in [0.29, 0.717) is 13.1 Å². The Kier molecular flexibility index (Phi) is 4.81. The molecular weight excluding hydrogens is 146 g/mol. The molecule has 0 aromatic carbocycles. The molecule has 0 aliphatic carbocycles. The van der Waals surface area contributed by atoms with Gasteiger partial charge < -0.3 is 15.1 Å². The van der Waals surface area contributed by atoms with Crippen LogP contribution in [-0.2, 0) is 4.79 Å². The summed E-state index contributed by atoms with van der Waals surface area (Å²) in [5.74, 6) is -0.332. The number of hydrogen-bond acceptors (Lipinski definition) is 3. The lowest BCUT2D eigenvalue weighted by Crippen LogP contribution is -2.39. The van der Waals surface area contributed by atoms with Crippen molar-refractivity contribution in [1.82, 2.24) is 4.90 Å². The van der Waals surface area contributed by atoms with Crippen molar-refractivity contribution in [3.8, 4) is 0 Å². The molecular formula is C7H15NO3. The maximum Gasteiger partial charge on any atom is 0.251 e. The van der Waals surface area contributed by atoms with Gasteiger partial charge in [-0.1, -0.05) is 0 Å². The highest BCUT2D eigenvalue weighted by Crippen LogP contribution is 1.93. The van der Waals surface area contributed by atoms with Gasteiger partial charge in [0.05, 0.1) is 6.61 Å². The summed E-state index contributed by atoms with van der Waals surface area (Å²) in [4.78, 5) is 12.4. The van der Waals surface area contributed by atoms with Crippen LogP contribution in [0, 0.1) is 0 Å². The Bertz CT molecular complexity index is 125. The Labute approximate surface area is 66.4 Å². The fraction of sp³-hybridized carbons (Fsp3) is 0.857. The van der Waals surface area contributed by atoms with Gasteiger partial charge in [-0.25, -0.2) is 0 Å². The van der Waals surface area contributed by atoms with E-state index in [1.54, 1.807) is 6.92 Å². The molecule has 1 atom stereocenters. The zero-order chi connectivity index (χ0) is 8.85. The van der Waals surface area contributed by atoms with E-state index < -0.39 is 6.10 Å². The van der Waals surface area contributed by atoms with Crippen LogP contribution < -0.4 is 0 Å². The number of carbonyl (C=O) groups is 1. The summed E-state index contributed by atoms with van der Waals surface area (Å²) < 4.78 is 0. The molecule has 0 rings (SSSR count). The molecule has 11 heavy (non-hydrogen) atoms. The topological polar surface area (TPSA) is 60.8 Å². The predicted octanol–water partition coefficient (Wildman–Crippen LogP) is -0.792. The van der Waals surface area contributed by atoms with Crippen molar-refractivity contribution >= 4 is 5.91 Å². The minimum atomic E-state index is -0.971. The highest BCUT2D eigenvalue weighted by Gasteiger charge is 2.15. The Hall–Kier alpha value is -0.610. The quantitative estimate of drug-likeness (QED) is 0.568. The molecule has 0 bridgehead atoms. The Balaban J connectivity index is 3.92. The van der Waals surface area contributed by atoms with Crippen molar-refractivity contribution in [2.75, 3.05) is 19.7 Å². The molecule has 0 aromatic rings. The molecule has 0 spiro atoms. The lowest BCUT2D eigenvalue weighted by Gasteiger charge is -2.20. The lowest BCUT2D eigenvalue weighted by atomic mass is 10.3. The van der Waals surface area contributed by atoms with Gasteiger partial charge in [-0.15, -0.1) is 0 Å². The highest BCUT2D eigenvalue weighted by molar-refractivity contribution is 5.80. The molecule has 0 aliphatic rings. The first-order chi connectivity index (χ1) is 5.13. The maximum absolute atomic E-state index is 11.0. The molecule has 2 N–H and O–H groups in total. The van der Waals surface area contributed by atoms with Gasteiger partial charge in [0.2, 0.25) is 0 Å². The molecule has 0 saturated heterocycles. The largest absolute Gasteiger partial charge is 0.395 e. The number of nitrogens with zero attached hydrogens (tertiary/aromatic N) is 1. The zero-order valence-corrected chi connectivity index (χ0v) is 6.95. The average Bonchev–Trinajstić information content (AvgIpc) is 1.98. The molecule has 0 unspecified atom stereocenters. The van der Waals surface area contributed by atoms with Crippen LogP contribution in [0.25, 0.3) is 0 Å². The van der Waals surface area contributed by atoms with Crippen LogP contribution in [0.1, 0.15) is 13.8 Å². The number of amides is 1. The third-order valence-electron chi connectivity index (χ3n) is 1.42. The third kappa shape index (κ3) is 3.34. The Morgan fingerprint density at radius 2 is 2.18 bits per heavy atom. The number of rotatable bonds is 4. The second kappa shape index (κ2) is 5.09. The van der Waals surface area contributed by atoms with Gasteiger partial charge in [0, 0.05) is 13.1 Å². The van der Waals surface area contributed by atoms with Crippen molar-refractivity contribution in [2.24, 2.45) is 0 Å². The normalized spacial score (nSPS) is 12.7. The van der Waals surface area contributed by atoms with Crippen molar-refractivity contribution < 1.29 is 15.0 Å². The SMILES string of the molecule is CCN(CCO)C(=O)[C@@H](C)O. The van der Waals surface area contributed by atoms with Crippen LogP contribution in [0.3, 0.4) is 0 Å². The number of hydrogen-bond donors (Lipinski definition) is 2. The fourth-order valence-electron chi connectivity index (χ4n) is 0.809. The molecule has 4 heteroatoms. The number of likely N-dealkylation sites (N-methyl/N-ethyl adjacent to an activating group) is 1. The molecule has 0 heterocycles. The molecule has 4 nitrogen and oxygen atoms in total. The van der Waals surface area contributed by atoms with Crippen LogP contribution in [0.5, 0.6) is 0 Å². The summed E-state index contributed by atoms with van der Waals surface area (Å²) in [6, 6.07) is 0. The summed E-state index contributed by atoms with van der Waals surface area (Å²) in [5.41, 5.74) is 0. The van der Waals surface area contributed by atoms with E-state index in [1.165, 1.54) is 11.8 Å². The Morgan fingerprint density at radius 1 is 1.64 bits per heavy atom. The minimum absolute atomic E-state index is 0.0632. The van der Waals surface area contributed by atoms with Crippen molar-refractivity contribution in [3.05, 3.63) is 0 Å². The van der Waals surface area contributed by atoms with Gasteiger partial charge in [-0.3, -0.25) is 4.79 Å². The Morgan fingerprint density at radius 3 is 2.45 bits per heavy atom. The summed E-state index contributed by atoms with van der Waals surface area (Å²) in [5, 5.41) is 17.4. The third-order valence-corrected chi connectivity index (χ3v) is 1.42. The lowest BCUT2D eigenvalue weighted by molar-refractivity contribution is -0.139. The van der Waals surface area contributed by atoms with Gasteiger partial charge in [-0.05, 0) is 13.8 Å². The van der Waals surface area contributed by atoms with Gasteiger partial charge in [0.25, 0.3) is 5.91 Å². The highest BCUT2D eigenvalue weighted by atomic mass is 16.3. The van der Waals surface area contributed by atoms with Gasteiger partial charge in [0.15, 0.2) is 0 Å². The molecule has 0 aliphatic heterocycles. The van der Waals surface area contributed by atoms with Gasteiger partial charge in [0.1, 0.15) is 6.10 Å². The van der Waals surface area contributed by atoms with E-state index >= 15 is 0 Å². The van der Waals surface area contributed by atoms with E-state index in [-0.39, 0.29) is 12.5 Å². The summed E-state index contributed by atoms with van der Waals surface area (Å²) in [7, 11) is 0. The van der Waals surface area contributed by atoms with Crippen LogP contribution in [0.15, 0.2) is 0 Å². The fourth-order valence-corrected chi connectivity index (χ4v) is 0.809. The summed E-state index contributed by atoms with van der Waals surface area (Å²) >= 11 is 0. The standard InChI is InChI=1S/C7H15NO3/c1-3-8(4-5-9)7(11)6(2)10/h6,9-10H,3-5H2,1-2H3/t6-/m1/s1. The van der Waals surface area contributed by atoms with Crippen LogP contribution >= 0.6 is 0 Å². The van der Waals surface area contributed by atoms with Crippen molar-refractivity contribution in [1.29, 1.82) is 0 Å². The van der Waals surface area contributed by atoms with Crippen molar-refractivity contribution in [3.63, 3.8) is 0 Å². The first-order valence-corrected chi connectivity index (χ1v) is 3.71. The van der Waals surface area contributed by atoms with Crippen molar-refractivity contribution in [2.45, 2.75) is 20.0 Å². The maximum atomic E-state index is 11.0. The monoisotopic (exact) mass is 161 g/mol. The molecule has 0 fully saturated rings. The summed E-state index contributed by atoms with van der Waals surface area (Å²) in [6.07, 6.45) is -0.971. The van der Waals surface area contributed by atoms with E-state index in [2.05, 4.69) is 0 Å². The summed E-state index contributed by atoms with van der Waals surface area (Å²) in [6.45, 7) is 3.97. The number of aliphatic hydroxyl groups is 2. The molecule has 0 aromatic heterocycles.